The van der Waals surface area contributed by atoms with Crippen molar-refractivity contribution in [2.75, 3.05) is 13.7 Å². The fourth-order valence-corrected chi connectivity index (χ4v) is 2.71. The van der Waals surface area contributed by atoms with Gasteiger partial charge in [0.25, 0.3) is 0 Å². The Morgan fingerprint density at radius 3 is 2.39 bits per heavy atom. The lowest BCUT2D eigenvalue weighted by molar-refractivity contribution is -0.139. The highest BCUT2D eigenvalue weighted by atomic mass is 127. The SMILES string of the molecule is COC(=O)C(I)CNC(=O)C1C(C)OC(C)C1C. The molecule has 0 aromatic heterocycles. The molecule has 1 N–H and O–H groups in total. The lowest BCUT2D eigenvalue weighted by atomic mass is 9.89. The van der Waals surface area contributed by atoms with Crippen molar-refractivity contribution in [3.63, 3.8) is 0 Å². The first-order chi connectivity index (χ1) is 8.38. The zero-order valence-corrected chi connectivity index (χ0v) is 13.3. The van der Waals surface area contributed by atoms with Crippen molar-refractivity contribution < 1.29 is 19.1 Å². The summed E-state index contributed by atoms with van der Waals surface area (Å²) in [4.78, 5) is 23.3. The summed E-state index contributed by atoms with van der Waals surface area (Å²) in [6.45, 7) is 6.19. The summed E-state index contributed by atoms with van der Waals surface area (Å²) in [5, 5.41) is 2.79. The molecule has 104 valence electrons. The summed E-state index contributed by atoms with van der Waals surface area (Å²) in [5.74, 6) is -0.343. The van der Waals surface area contributed by atoms with Crippen LogP contribution in [0.15, 0.2) is 0 Å². The first kappa shape index (κ1) is 15.7. The molecule has 1 aliphatic heterocycles. The molecule has 0 aromatic carbocycles. The minimum atomic E-state index is -0.359. The lowest BCUT2D eigenvalue weighted by Gasteiger charge is -2.18. The third-order valence-electron chi connectivity index (χ3n) is 3.46. The average molecular weight is 369 g/mol. The summed E-state index contributed by atoms with van der Waals surface area (Å²) in [6.07, 6.45) is 0.00698. The van der Waals surface area contributed by atoms with E-state index in [1.165, 1.54) is 7.11 Å². The van der Waals surface area contributed by atoms with E-state index in [-0.39, 0.29) is 46.4 Å². The van der Waals surface area contributed by atoms with Crippen LogP contribution in [-0.2, 0) is 19.1 Å². The molecule has 1 amide bonds. The van der Waals surface area contributed by atoms with Crippen LogP contribution in [0.5, 0.6) is 0 Å². The fraction of sp³-hybridized carbons (Fsp3) is 0.833. The number of carbonyl (C=O) groups is 2. The Kier molecular flexibility index (Phi) is 5.84. The molecule has 1 saturated heterocycles. The number of amides is 1. The largest absolute Gasteiger partial charge is 0.468 e. The molecule has 6 heteroatoms. The van der Waals surface area contributed by atoms with Crippen molar-refractivity contribution in [3.8, 4) is 0 Å². The molecular weight excluding hydrogens is 349 g/mol. The van der Waals surface area contributed by atoms with Crippen LogP contribution in [0.2, 0.25) is 0 Å². The van der Waals surface area contributed by atoms with Gasteiger partial charge < -0.3 is 14.8 Å². The van der Waals surface area contributed by atoms with Crippen LogP contribution in [0.1, 0.15) is 20.8 Å². The van der Waals surface area contributed by atoms with Crippen molar-refractivity contribution in [1.82, 2.24) is 5.32 Å². The Labute approximate surface area is 121 Å². The van der Waals surface area contributed by atoms with Crippen LogP contribution in [-0.4, -0.2) is 41.7 Å². The highest BCUT2D eigenvalue weighted by Gasteiger charge is 2.41. The summed E-state index contributed by atoms with van der Waals surface area (Å²) in [7, 11) is 1.34. The quantitative estimate of drug-likeness (QED) is 0.459. The first-order valence-corrected chi connectivity index (χ1v) is 7.28. The number of ether oxygens (including phenoxy) is 2. The molecule has 0 saturated carbocycles. The Bertz CT molecular complexity index is 323. The van der Waals surface area contributed by atoms with Gasteiger partial charge in [-0.3, -0.25) is 9.59 Å². The normalized spacial score (nSPS) is 32.9. The van der Waals surface area contributed by atoms with Crippen LogP contribution in [0, 0.1) is 11.8 Å². The number of nitrogens with one attached hydrogen (secondary N) is 1. The number of carbonyl (C=O) groups excluding carboxylic acids is 2. The second kappa shape index (κ2) is 6.70. The van der Waals surface area contributed by atoms with E-state index in [0.717, 1.165) is 0 Å². The van der Waals surface area contributed by atoms with E-state index in [1.807, 2.05) is 43.4 Å². The number of hydrogen-bond acceptors (Lipinski definition) is 4. The highest BCUT2D eigenvalue weighted by Crippen LogP contribution is 2.32. The predicted molar refractivity (Wildman–Crippen MR) is 75.5 cm³/mol. The smallest absolute Gasteiger partial charge is 0.320 e. The molecule has 1 fully saturated rings. The van der Waals surface area contributed by atoms with Gasteiger partial charge in [-0.05, 0) is 19.8 Å². The molecular formula is C12H20INO4. The number of halogens is 1. The van der Waals surface area contributed by atoms with Gasteiger partial charge in [0, 0.05) is 6.54 Å². The molecule has 1 rings (SSSR count). The van der Waals surface area contributed by atoms with Gasteiger partial charge in [0.15, 0.2) is 0 Å². The standard InChI is InChI=1S/C12H20INO4/c1-6-7(2)18-8(3)10(6)11(15)14-5-9(13)12(16)17-4/h6-10H,5H2,1-4H3,(H,14,15). The van der Waals surface area contributed by atoms with Gasteiger partial charge in [0.05, 0.1) is 25.2 Å². The Morgan fingerprint density at radius 1 is 1.33 bits per heavy atom. The predicted octanol–water partition coefficient (Wildman–Crippen LogP) is 1.14. The molecule has 5 unspecified atom stereocenters. The minimum Gasteiger partial charge on any atom is -0.468 e. The van der Waals surface area contributed by atoms with Crippen molar-refractivity contribution in [2.45, 2.75) is 36.9 Å². The molecule has 0 spiro atoms. The van der Waals surface area contributed by atoms with E-state index in [2.05, 4.69) is 10.1 Å². The van der Waals surface area contributed by atoms with Crippen LogP contribution >= 0.6 is 22.6 Å². The molecule has 1 aliphatic rings. The molecule has 5 atom stereocenters. The number of methoxy groups -OCH3 is 1. The molecule has 18 heavy (non-hydrogen) atoms. The number of alkyl halides is 1. The molecule has 0 aliphatic carbocycles. The maximum absolute atomic E-state index is 12.1. The lowest BCUT2D eigenvalue weighted by Crippen LogP contribution is -2.41. The molecule has 0 radical (unpaired) electrons. The van der Waals surface area contributed by atoms with E-state index < -0.39 is 0 Å². The summed E-state index contributed by atoms with van der Waals surface area (Å²) in [5.41, 5.74) is 0. The van der Waals surface area contributed by atoms with Crippen LogP contribution in [0.4, 0.5) is 0 Å². The second-order valence-electron chi connectivity index (χ2n) is 4.67. The number of rotatable bonds is 4. The monoisotopic (exact) mass is 369 g/mol. The maximum Gasteiger partial charge on any atom is 0.320 e. The highest BCUT2D eigenvalue weighted by molar-refractivity contribution is 14.1. The molecule has 0 bridgehead atoms. The van der Waals surface area contributed by atoms with E-state index >= 15 is 0 Å². The van der Waals surface area contributed by atoms with E-state index in [9.17, 15) is 9.59 Å². The minimum absolute atomic E-state index is 0.0510. The van der Waals surface area contributed by atoms with Crippen LogP contribution in [0.25, 0.3) is 0 Å². The van der Waals surface area contributed by atoms with E-state index in [0.29, 0.717) is 0 Å². The average Bonchev–Trinajstić information content (AvgIpc) is 2.59. The summed E-state index contributed by atoms with van der Waals surface area (Å²) < 4.78 is 9.88. The Balaban J connectivity index is 2.48. The zero-order chi connectivity index (χ0) is 13.9. The van der Waals surface area contributed by atoms with Crippen molar-refractivity contribution >= 4 is 34.5 Å². The van der Waals surface area contributed by atoms with E-state index in [4.69, 9.17) is 4.74 Å². The van der Waals surface area contributed by atoms with Gasteiger partial charge in [-0.15, -0.1) is 0 Å². The Hall–Kier alpha value is -0.370. The van der Waals surface area contributed by atoms with Crippen molar-refractivity contribution in [3.05, 3.63) is 0 Å². The molecule has 5 nitrogen and oxygen atoms in total. The van der Waals surface area contributed by atoms with Gasteiger partial charge in [-0.2, -0.15) is 0 Å². The van der Waals surface area contributed by atoms with E-state index in [1.54, 1.807) is 0 Å². The van der Waals surface area contributed by atoms with Crippen LogP contribution < -0.4 is 5.32 Å². The fourth-order valence-electron chi connectivity index (χ4n) is 2.24. The van der Waals surface area contributed by atoms with Gasteiger partial charge >= 0.3 is 5.97 Å². The first-order valence-electron chi connectivity index (χ1n) is 6.03. The van der Waals surface area contributed by atoms with Crippen molar-refractivity contribution in [2.24, 2.45) is 11.8 Å². The third kappa shape index (κ3) is 3.57. The molecule has 1 heterocycles. The van der Waals surface area contributed by atoms with Crippen molar-refractivity contribution in [1.29, 1.82) is 0 Å². The zero-order valence-electron chi connectivity index (χ0n) is 11.1. The van der Waals surface area contributed by atoms with Gasteiger partial charge in [-0.1, -0.05) is 29.5 Å². The number of hydrogen-bond donors (Lipinski definition) is 1. The second-order valence-corrected chi connectivity index (χ2v) is 6.17. The topological polar surface area (TPSA) is 64.6 Å². The Morgan fingerprint density at radius 2 is 1.94 bits per heavy atom. The van der Waals surface area contributed by atoms with Gasteiger partial charge in [0.1, 0.15) is 3.92 Å². The van der Waals surface area contributed by atoms with Gasteiger partial charge in [0.2, 0.25) is 5.91 Å². The summed E-state index contributed by atoms with van der Waals surface area (Å²) in [6, 6.07) is 0. The van der Waals surface area contributed by atoms with Gasteiger partial charge in [-0.25, -0.2) is 0 Å². The molecule has 0 aromatic rings. The van der Waals surface area contributed by atoms with Crippen LogP contribution in [0.3, 0.4) is 0 Å². The summed E-state index contributed by atoms with van der Waals surface area (Å²) >= 11 is 1.96. The third-order valence-corrected chi connectivity index (χ3v) is 4.41. The number of esters is 1. The maximum atomic E-state index is 12.1.